The molecule has 1 heterocycles. The molecule has 0 aliphatic heterocycles. The Bertz CT molecular complexity index is 1160. The number of ketones is 1. The molecule has 0 amide bonds. The van der Waals surface area contributed by atoms with Crippen LogP contribution in [0.3, 0.4) is 0 Å². The third-order valence-corrected chi connectivity index (χ3v) is 4.48. The number of hydrogen-bond acceptors (Lipinski definition) is 2. The van der Waals surface area contributed by atoms with Gasteiger partial charge in [-0.3, -0.25) is 9.59 Å². The number of benzene rings is 3. The second-order valence-electron chi connectivity index (χ2n) is 6.31. The first-order valence-electron chi connectivity index (χ1n) is 8.47. The summed E-state index contributed by atoms with van der Waals surface area (Å²) in [6.07, 6.45) is 0. The van der Waals surface area contributed by atoms with Crippen molar-refractivity contribution < 1.29 is 4.79 Å². The highest BCUT2D eigenvalue weighted by molar-refractivity contribution is 6.12. The number of hydrogen-bond donors (Lipinski definition) is 1. The molecule has 0 aliphatic carbocycles. The van der Waals surface area contributed by atoms with Crippen molar-refractivity contribution in [1.82, 2.24) is 4.98 Å². The fourth-order valence-electron chi connectivity index (χ4n) is 3.18. The second-order valence-corrected chi connectivity index (χ2v) is 6.31. The molecular formula is C23H17NO2. The summed E-state index contributed by atoms with van der Waals surface area (Å²) in [4.78, 5) is 29.6. The third-order valence-electron chi connectivity index (χ3n) is 4.48. The van der Waals surface area contributed by atoms with Gasteiger partial charge < -0.3 is 4.98 Å². The number of pyridine rings is 1. The summed E-state index contributed by atoms with van der Waals surface area (Å²) in [7, 11) is 0. The molecule has 126 valence electrons. The van der Waals surface area contributed by atoms with Gasteiger partial charge in [0.05, 0.1) is 11.3 Å². The molecule has 4 aromatic rings. The van der Waals surface area contributed by atoms with Gasteiger partial charge in [-0.05, 0) is 24.6 Å². The molecule has 1 aromatic heterocycles. The lowest BCUT2D eigenvalue weighted by atomic mass is 9.96. The van der Waals surface area contributed by atoms with Gasteiger partial charge in [0, 0.05) is 16.5 Å². The maximum Gasteiger partial charge on any atom is 0.209 e. The van der Waals surface area contributed by atoms with E-state index in [1.54, 1.807) is 12.1 Å². The van der Waals surface area contributed by atoms with Crippen molar-refractivity contribution in [1.29, 1.82) is 0 Å². The van der Waals surface area contributed by atoms with Gasteiger partial charge in [-0.15, -0.1) is 0 Å². The summed E-state index contributed by atoms with van der Waals surface area (Å²) in [5, 5.41) is 0.591. The summed E-state index contributed by atoms with van der Waals surface area (Å²) in [5.41, 5.74) is 3.56. The first-order chi connectivity index (χ1) is 12.6. The van der Waals surface area contributed by atoms with E-state index in [0.717, 1.165) is 11.1 Å². The number of nitrogens with one attached hydrogen (secondary N) is 1. The SMILES string of the molecule is Cc1ccc2[nH]c(C(=O)c3ccccc3)c(-c3ccccc3)c(=O)c2c1. The van der Waals surface area contributed by atoms with Crippen molar-refractivity contribution in [3.8, 4) is 11.1 Å². The molecule has 3 aromatic carbocycles. The zero-order valence-corrected chi connectivity index (χ0v) is 14.3. The van der Waals surface area contributed by atoms with E-state index in [4.69, 9.17) is 0 Å². The van der Waals surface area contributed by atoms with E-state index in [2.05, 4.69) is 4.98 Å². The predicted octanol–water partition coefficient (Wildman–Crippen LogP) is 4.73. The smallest absolute Gasteiger partial charge is 0.209 e. The minimum atomic E-state index is -0.191. The lowest BCUT2D eigenvalue weighted by Gasteiger charge is -2.11. The molecule has 0 fully saturated rings. The average Bonchev–Trinajstić information content (AvgIpc) is 2.69. The summed E-state index contributed by atoms with van der Waals surface area (Å²) in [6.45, 7) is 1.95. The Hall–Kier alpha value is -3.46. The van der Waals surface area contributed by atoms with Crippen LogP contribution in [0.1, 0.15) is 21.6 Å². The van der Waals surface area contributed by atoms with Crippen molar-refractivity contribution in [3.05, 3.63) is 106 Å². The number of fused-ring (bicyclic) bond motifs is 1. The van der Waals surface area contributed by atoms with Crippen LogP contribution in [0.4, 0.5) is 0 Å². The van der Waals surface area contributed by atoms with Crippen molar-refractivity contribution in [2.24, 2.45) is 0 Å². The van der Waals surface area contributed by atoms with E-state index >= 15 is 0 Å². The molecule has 3 nitrogen and oxygen atoms in total. The van der Waals surface area contributed by atoms with Crippen LogP contribution >= 0.6 is 0 Å². The highest BCUT2D eigenvalue weighted by Gasteiger charge is 2.20. The van der Waals surface area contributed by atoms with Crippen LogP contribution in [0, 0.1) is 6.92 Å². The fraction of sp³-hybridized carbons (Fsp3) is 0.0435. The molecule has 0 aliphatic rings. The van der Waals surface area contributed by atoms with Crippen LogP contribution in [0.15, 0.2) is 83.7 Å². The average molecular weight is 339 g/mol. The van der Waals surface area contributed by atoms with Gasteiger partial charge in [-0.2, -0.15) is 0 Å². The number of carbonyl (C=O) groups excluding carboxylic acids is 1. The van der Waals surface area contributed by atoms with Crippen molar-refractivity contribution in [2.75, 3.05) is 0 Å². The molecule has 0 saturated heterocycles. The summed E-state index contributed by atoms with van der Waals surface area (Å²) >= 11 is 0. The topological polar surface area (TPSA) is 49.9 Å². The fourth-order valence-corrected chi connectivity index (χ4v) is 3.18. The number of carbonyl (C=O) groups is 1. The third kappa shape index (κ3) is 2.74. The number of H-pyrrole nitrogens is 1. The Morgan fingerprint density at radius 2 is 1.50 bits per heavy atom. The van der Waals surface area contributed by atoms with Gasteiger partial charge >= 0.3 is 0 Å². The maximum atomic E-state index is 13.3. The van der Waals surface area contributed by atoms with Gasteiger partial charge in [-0.25, -0.2) is 0 Å². The minimum absolute atomic E-state index is 0.132. The van der Waals surface area contributed by atoms with Crippen LogP contribution < -0.4 is 5.43 Å². The van der Waals surface area contributed by atoms with E-state index in [0.29, 0.717) is 27.7 Å². The summed E-state index contributed by atoms with van der Waals surface area (Å²) in [6, 6.07) is 24.0. The van der Waals surface area contributed by atoms with E-state index < -0.39 is 0 Å². The highest BCUT2D eigenvalue weighted by Crippen LogP contribution is 2.24. The summed E-state index contributed by atoms with van der Waals surface area (Å²) in [5.74, 6) is -0.191. The van der Waals surface area contributed by atoms with Gasteiger partial charge in [-0.1, -0.05) is 72.3 Å². The van der Waals surface area contributed by atoms with Crippen molar-refractivity contribution in [2.45, 2.75) is 6.92 Å². The predicted molar refractivity (Wildman–Crippen MR) is 105 cm³/mol. The van der Waals surface area contributed by atoms with E-state index in [1.807, 2.05) is 73.7 Å². The highest BCUT2D eigenvalue weighted by atomic mass is 16.1. The molecule has 3 heteroatoms. The lowest BCUT2D eigenvalue weighted by Crippen LogP contribution is -2.16. The first kappa shape index (κ1) is 16.0. The number of rotatable bonds is 3. The van der Waals surface area contributed by atoms with Crippen LogP contribution in [0.2, 0.25) is 0 Å². The second kappa shape index (κ2) is 6.45. The van der Waals surface area contributed by atoms with E-state index in [1.165, 1.54) is 0 Å². The number of aromatic nitrogens is 1. The van der Waals surface area contributed by atoms with Crippen molar-refractivity contribution >= 4 is 16.7 Å². The van der Waals surface area contributed by atoms with E-state index in [-0.39, 0.29) is 11.2 Å². The first-order valence-corrected chi connectivity index (χ1v) is 8.47. The Kier molecular flexibility index (Phi) is 3.98. The van der Waals surface area contributed by atoms with Crippen LogP contribution in [-0.4, -0.2) is 10.8 Å². The molecule has 0 radical (unpaired) electrons. The Morgan fingerprint density at radius 3 is 2.19 bits per heavy atom. The van der Waals surface area contributed by atoms with Crippen molar-refractivity contribution in [3.63, 3.8) is 0 Å². The molecule has 0 bridgehead atoms. The molecule has 0 spiro atoms. The summed E-state index contributed by atoms with van der Waals surface area (Å²) < 4.78 is 0. The quantitative estimate of drug-likeness (QED) is 0.548. The number of aromatic amines is 1. The molecule has 26 heavy (non-hydrogen) atoms. The van der Waals surface area contributed by atoms with Gasteiger partial charge in [0.2, 0.25) is 5.78 Å². The van der Waals surface area contributed by atoms with Crippen LogP contribution in [-0.2, 0) is 0 Å². The minimum Gasteiger partial charge on any atom is -0.351 e. The van der Waals surface area contributed by atoms with Crippen LogP contribution in [0.25, 0.3) is 22.0 Å². The van der Waals surface area contributed by atoms with Gasteiger partial charge in [0.25, 0.3) is 0 Å². The Morgan fingerprint density at radius 1 is 0.846 bits per heavy atom. The molecule has 1 N–H and O–H groups in total. The Balaban J connectivity index is 2.07. The molecule has 0 unspecified atom stereocenters. The maximum absolute atomic E-state index is 13.3. The number of aryl methyl sites for hydroxylation is 1. The van der Waals surface area contributed by atoms with Gasteiger partial charge in [0.15, 0.2) is 5.43 Å². The van der Waals surface area contributed by atoms with E-state index in [9.17, 15) is 9.59 Å². The zero-order chi connectivity index (χ0) is 18.1. The van der Waals surface area contributed by atoms with Crippen LogP contribution in [0.5, 0.6) is 0 Å². The molecule has 0 saturated carbocycles. The molecule has 0 atom stereocenters. The van der Waals surface area contributed by atoms with Gasteiger partial charge in [0.1, 0.15) is 0 Å². The molecular weight excluding hydrogens is 322 g/mol. The monoisotopic (exact) mass is 339 g/mol. The largest absolute Gasteiger partial charge is 0.351 e. The molecule has 4 rings (SSSR count). The zero-order valence-electron chi connectivity index (χ0n) is 14.3. The Labute approximate surface area is 150 Å². The standard InChI is InChI=1S/C23H17NO2/c1-15-12-13-19-18(14-15)23(26)20(16-8-4-2-5-9-16)21(24-19)22(25)17-10-6-3-7-11-17/h2-14H,1H3,(H,24,26). The lowest BCUT2D eigenvalue weighted by molar-refractivity contribution is 0.103. The normalized spacial score (nSPS) is 10.8.